The molecule has 244 valence electrons. The number of rotatable bonds is 6. The smallest absolute Gasteiger partial charge is 0.302 e. The van der Waals surface area contributed by atoms with Gasteiger partial charge in [0.1, 0.15) is 18.0 Å². The molecule has 0 amide bonds. The van der Waals surface area contributed by atoms with Crippen LogP contribution in [0.4, 0.5) is 0 Å². The van der Waals surface area contributed by atoms with Crippen molar-refractivity contribution in [3.63, 3.8) is 0 Å². The average molecular weight is 607 g/mol. The Morgan fingerprint density at radius 1 is 1.16 bits per heavy atom. The fourth-order valence-corrected chi connectivity index (χ4v) is 10.9. The van der Waals surface area contributed by atoms with Crippen LogP contribution in [0.2, 0.25) is 0 Å². The van der Waals surface area contributed by atoms with E-state index in [9.17, 15) is 30.0 Å². The Balaban J connectivity index is 1.57. The largest absolute Gasteiger partial charge is 0.462 e. The highest BCUT2D eigenvalue weighted by atomic mass is 16.7. The third-order valence-electron chi connectivity index (χ3n) is 12.9. The van der Waals surface area contributed by atoms with Gasteiger partial charge in [0.25, 0.3) is 0 Å². The van der Waals surface area contributed by atoms with Crippen molar-refractivity contribution in [3.05, 3.63) is 11.6 Å². The molecule has 1 saturated heterocycles. The van der Waals surface area contributed by atoms with E-state index < -0.39 is 76.0 Å². The number of allylic oxidation sites excluding steroid dienone is 1. The molecule has 13 unspecified atom stereocenters. The zero-order valence-corrected chi connectivity index (χ0v) is 27.4. The Bertz CT molecular complexity index is 1160. The van der Waals surface area contributed by atoms with Crippen LogP contribution in [0.3, 0.4) is 0 Å². The lowest BCUT2D eigenvalue weighted by Crippen LogP contribution is -2.72. The van der Waals surface area contributed by atoms with Gasteiger partial charge in [-0.1, -0.05) is 46.3 Å². The molecule has 4 aliphatic carbocycles. The zero-order valence-electron chi connectivity index (χ0n) is 27.4. The summed E-state index contributed by atoms with van der Waals surface area (Å²) < 4.78 is 18.5. The minimum atomic E-state index is -1.34. The van der Waals surface area contributed by atoms with Crippen molar-refractivity contribution in [1.29, 1.82) is 0 Å². The Morgan fingerprint density at radius 2 is 1.81 bits per heavy atom. The minimum Gasteiger partial charge on any atom is -0.462 e. The summed E-state index contributed by atoms with van der Waals surface area (Å²) in [4.78, 5) is 25.8. The van der Waals surface area contributed by atoms with Gasteiger partial charge in [-0.2, -0.15) is 0 Å². The van der Waals surface area contributed by atoms with Crippen molar-refractivity contribution in [2.45, 2.75) is 137 Å². The minimum absolute atomic E-state index is 0.00304. The van der Waals surface area contributed by atoms with Gasteiger partial charge in [0.15, 0.2) is 6.29 Å². The van der Waals surface area contributed by atoms with Crippen molar-refractivity contribution < 1.29 is 44.2 Å². The van der Waals surface area contributed by atoms with Crippen molar-refractivity contribution in [1.82, 2.24) is 0 Å². The van der Waals surface area contributed by atoms with Crippen LogP contribution in [-0.2, 0) is 23.8 Å². The molecule has 13 atom stereocenters. The molecule has 5 aliphatic rings. The van der Waals surface area contributed by atoms with E-state index in [-0.39, 0.29) is 30.0 Å². The number of esters is 1. The van der Waals surface area contributed by atoms with Crippen LogP contribution >= 0.6 is 0 Å². The number of ketones is 1. The molecule has 1 aliphatic heterocycles. The van der Waals surface area contributed by atoms with Crippen LogP contribution in [-0.4, -0.2) is 81.2 Å². The summed E-state index contributed by atoms with van der Waals surface area (Å²) in [6.45, 7) is 17.0. The summed E-state index contributed by atoms with van der Waals surface area (Å²) in [5.41, 5.74) is -3.05. The fourth-order valence-electron chi connectivity index (χ4n) is 10.9. The summed E-state index contributed by atoms with van der Waals surface area (Å²) in [5.74, 6) is -1.25. The molecule has 9 nitrogen and oxygen atoms in total. The number of Topliss-reactive ketones (excluding diaryl/α,β-unsaturated/α-hetero) is 1. The molecular weight excluding hydrogens is 552 g/mol. The van der Waals surface area contributed by atoms with Gasteiger partial charge in [0.05, 0.1) is 23.9 Å². The Labute approximate surface area is 256 Å². The lowest BCUT2D eigenvalue weighted by Gasteiger charge is -2.69. The normalized spacial score (nSPS) is 48.2. The second-order valence-corrected chi connectivity index (χ2v) is 16.0. The Kier molecular flexibility index (Phi) is 8.13. The number of hydrogen-bond donors (Lipinski definition) is 4. The lowest BCUT2D eigenvalue weighted by molar-refractivity contribution is -0.253. The number of aliphatic hydroxyl groups excluding tert-OH is 3. The number of carbonyl (C=O) groups is 2. The van der Waals surface area contributed by atoms with E-state index in [4.69, 9.17) is 14.2 Å². The van der Waals surface area contributed by atoms with E-state index in [0.29, 0.717) is 32.3 Å². The van der Waals surface area contributed by atoms with Gasteiger partial charge in [-0.25, -0.2) is 0 Å². The van der Waals surface area contributed by atoms with Crippen molar-refractivity contribution in [2.24, 2.45) is 45.3 Å². The maximum absolute atomic E-state index is 13.2. The molecule has 5 rings (SSSR count). The summed E-state index contributed by atoms with van der Waals surface area (Å²) in [5, 5.41) is 45.4. The Hall–Kier alpha value is -1.36. The second kappa shape index (κ2) is 10.6. The molecule has 0 aromatic rings. The third-order valence-corrected chi connectivity index (χ3v) is 12.9. The van der Waals surface area contributed by atoms with Gasteiger partial charge in [-0.3, -0.25) is 9.59 Å². The lowest BCUT2D eigenvalue weighted by atomic mass is 9.36. The van der Waals surface area contributed by atoms with E-state index in [0.717, 1.165) is 5.57 Å². The van der Waals surface area contributed by atoms with Gasteiger partial charge >= 0.3 is 5.97 Å². The standard InChI is InChI=1S/C34H54O9/c1-10-41-29-18(13-21(43-29)28(39)31(5,6)40)19-11-12-22-32(19,7)16-20(36)27-33(8)23(30(3,4)24(37)15-25(33)38)14-26(34(22,27)9)42-17(2)35/h12,18-21,23,25-29,36,38-40H,10-11,13-16H2,1-9H3. The molecule has 0 bridgehead atoms. The molecular formula is C34H54O9. The van der Waals surface area contributed by atoms with Gasteiger partial charge in [0, 0.05) is 48.0 Å². The first-order valence-corrected chi connectivity index (χ1v) is 16.2. The maximum Gasteiger partial charge on any atom is 0.302 e. The first-order valence-electron chi connectivity index (χ1n) is 16.2. The van der Waals surface area contributed by atoms with Crippen LogP contribution in [0.1, 0.15) is 94.4 Å². The predicted molar refractivity (Wildman–Crippen MR) is 158 cm³/mol. The Morgan fingerprint density at radius 3 is 2.40 bits per heavy atom. The van der Waals surface area contributed by atoms with E-state index >= 15 is 0 Å². The van der Waals surface area contributed by atoms with Crippen LogP contribution in [0.5, 0.6) is 0 Å². The molecule has 0 radical (unpaired) electrons. The van der Waals surface area contributed by atoms with Crippen molar-refractivity contribution in [2.75, 3.05) is 6.61 Å². The van der Waals surface area contributed by atoms with Crippen LogP contribution in [0.15, 0.2) is 11.6 Å². The average Bonchev–Trinajstić information content (AvgIpc) is 3.44. The van der Waals surface area contributed by atoms with Gasteiger partial charge < -0.3 is 34.6 Å². The van der Waals surface area contributed by atoms with Crippen LogP contribution in [0, 0.1) is 45.3 Å². The monoisotopic (exact) mass is 606 g/mol. The molecule has 3 saturated carbocycles. The summed E-state index contributed by atoms with van der Waals surface area (Å²) in [6, 6.07) is 0. The summed E-state index contributed by atoms with van der Waals surface area (Å²) in [6.07, 6.45) is -0.283. The van der Waals surface area contributed by atoms with E-state index in [2.05, 4.69) is 19.9 Å². The molecule has 0 aromatic heterocycles. The van der Waals surface area contributed by atoms with Gasteiger partial charge in [-0.15, -0.1) is 0 Å². The van der Waals surface area contributed by atoms with Gasteiger partial charge in [0.2, 0.25) is 0 Å². The number of carbonyl (C=O) groups excluding carboxylic acids is 2. The van der Waals surface area contributed by atoms with Crippen molar-refractivity contribution in [3.8, 4) is 0 Å². The SMILES string of the molecule is CCOC1OC(C(O)C(C)(C)O)CC1C1CC=C2C1(C)CC(O)C1C2(C)C(OC(C)=O)CC2C(C)(C)C(=O)CC(O)C21C. The van der Waals surface area contributed by atoms with Gasteiger partial charge in [-0.05, 0) is 63.7 Å². The highest BCUT2D eigenvalue weighted by Gasteiger charge is 2.74. The molecule has 43 heavy (non-hydrogen) atoms. The maximum atomic E-state index is 13.2. The summed E-state index contributed by atoms with van der Waals surface area (Å²) in [7, 11) is 0. The van der Waals surface area contributed by atoms with E-state index in [1.165, 1.54) is 6.92 Å². The fraction of sp³-hybridized carbons (Fsp3) is 0.882. The molecule has 1 heterocycles. The quantitative estimate of drug-likeness (QED) is 0.264. The second-order valence-electron chi connectivity index (χ2n) is 16.0. The molecule has 0 aromatic carbocycles. The molecule has 4 fully saturated rings. The first-order chi connectivity index (χ1) is 19.7. The third kappa shape index (κ3) is 4.70. The van der Waals surface area contributed by atoms with Crippen LogP contribution in [0.25, 0.3) is 0 Å². The number of ether oxygens (including phenoxy) is 3. The molecule has 9 heteroatoms. The van der Waals surface area contributed by atoms with E-state index in [1.807, 2.05) is 27.7 Å². The summed E-state index contributed by atoms with van der Waals surface area (Å²) >= 11 is 0. The van der Waals surface area contributed by atoms with Crippen LogP contribution < -0.4 is 0 Å². The topological polar surface area (TPSA) is 143 Å². The van der Waals surface area contributed by atoms with Crippen molar-refractivity contribution >= 4 is 11.8 Å². The zero-order chi connectivity index (χ0) is 32.1. The first kappa shape index (κ1) is 33.0. The predicted octanol–water partition coefficient (Wildman–Crippen LogP) is 3.54. The van der Waals surface area contributed by atoms with E-state index in [1.54, 1.807) is 13.8 Å². The highest BCUT2D eigenvalue weighted by Crippen LogP contribution is 2.73. The number of fused-ring (bicyclic) bond motifs is 5. The highest BCUT2D eigenvalue weighted by molar-refractivity contribution is 5.86. The number of aliphatic hydroxyl groups is 4. The molecule has 4 N–H and O–H groups in total. The number of hydrogen-bond acceptors (Lipinski definition) is 9. The molecule has 0 spiro atoms.